The number of halogens is 1. The Morgan fingerprint density at radius 2 is 2.05 bits per heavy atom. The standard InChI is InChI=1S/C15H17ClN2OS/c16-13-3-5-14(6-4-13)20-9-1-2-15(19)18-11-12-7-8-17-10-12/h3-8,10,17H,1-2,9,11H2,(H,18,19). The molecular weight excluding hydrogens is 292 g/mol. The summed E-state index contributed by atoms with van der Waals surface area (Å²) in [6.07, 6.45) is 5.16. The first-order chi connectivity index (χ1) is 9.74. The van der Waals surface area contributed by atoms with E-state index in [-0.39, 0.29) is 5.91 Å². The van der Waals surface area contributed by atoms with Crippen LogP contribution in [0.25, 0.3) is 0 Å². The lowest BCUT2D eigenvalue weighted by Crippen LogP contribution is -2.22. The van der Waals surface area contributed by atoms with Crippen LogP contribution in [0.2, 0.25) is 5.02 Å². The number of amides is 1. The fraction of sp³-hybridized carbons (Fsp3) is 0.267. The van der Waals surface area contributed by atoms with E-state index < -0.39 is 0 Å². The second-order valence-corrected chi connectivity index (χ2v) is 6.01. The fourth-order valence-electron chi connectivity index (χ4n) is 1.71. The van der Waals surface area contributed by atoms with Gasteiger partial charge in [0.25, 0.3) is 0 Å². The number of aromatic amines is 1. The molecule has 1 amide bonds. The van der Waals surface area contributed by atoms with Gasteiger partial charge in [0.05, 0.1) is 0 Å². The lowest BCUT2D eigenvalue weighted by atomic mass is 10.3. The van der Waals surface area contributed by atoms with Gasteiger partial charge in [0.2, 0.25) is 5.91 Å². The van der Waals surface area contributed by atoms with Crippen LogP contribution in [0.4, 0.5) is 0 Å². The molecule has 0 bridgehead atoms. The molecule has 5 heteroatoms. The van der Waals surface area contributed by atoms with E-state index in [1.54, 1.807) is 11.8 Å². The Labute approximate surface area is 128 Å². The number of H-pyrrole nitrogens is 1. The van der Waals surface area contributed by atoms with Gasteiger partial charge in [-0.3, -0.25) is 4.79 Å². The van der Waals surface area contributed by atoms with Crippen molar-refractivity contribution in [1.29, 1.82) is 0 Å². The van der Waals surface area contributed by atoms with Gasteiger partial charge in [0, 0.05) is 35.3 Å². The lowest BCUT2D eigenvalue weighted by molar-refractivity contribution is -0.121. The molecule has 1 aromatic carbocycles. The summed E-state index contributed by atoms with van der Waals surface area (Å²) < 4.78 is 0. The topological polar surface area (TPSA) is 44.9 Å². The van der Waals surface area contributed by atoms with Crippen LogP contribution in [0.1, 0.15) is 18.4 Å². The number of aromatic nitrogens is 1. The summed E-state index contributed by atoms with van der Waals surface area (Å²) in [5, 5.41) is 3.65. The number of rotatable bonds is 7. The molecule has 2 rings (SSSR count). The molecule has 0 aliphatic heterocycles. The Morgan fingerprint density at radius 1 is 1.25 bits per heavy atom. The SMILES string of the molecule is O=C(CCCSc1ccc(Cl)cc1)NCc1cc[nH]c1. The van der Waals surface area contributed by atoms with Crippen molar-refractivity contribution >= 4 is 29.3 Å². The number of carbonyl (C=O) groups excluding carboxylic acids is 1. The van der Waals surface area contributed by atoms with Crippen LogP contribution in [0.5, 0.6) is 0 Å². The minimum atomic E-state index is 0.0999. The minimum absolute atomic E-state index is 0.0999. The molecule has 0 aliphatic carbocycles. The molecule has 2 N–H and O–H groups in total. The number of thioether (sulfide) groups is 1. The maximum atomic E-state index is 11.6. The minimum Gasteiger partial charge on any atom is -0.367 e. The summed E-state index contributed by atoms with van der Waals surface area (Å²) >= 11 is 7.57. The van der Waals surface area contributed by atoms with Gasteiger partial charge in [-0.05, 0) is 48.1 Å². The van der Waals surface area contributed by atoms with E-state index in [0.717, 1.165) is 22.8 Å². The highest BCUT2D eigenvalue weighted by Gasteiger charge is 2.02. The van der Waals surface area contributed by atoms with Crippen molar-refractivity contribution in [2.75, 3.05) is 5.75 Å². The van der Waals surface area contributed by atoms with Crippen molar-refractivity contribution in [2.24, 2.45) is 0 Å². The summed E-state index contributed by atoms with van der Waals surface area (Å²) in [5.41, 5.74) is 1.09. The van der Waals surface area contributed by atoms with Crippen LogP contribution in [-0.2, 0) is 11.3 Å². The number of nitrogens with one attached hydrogen (secondary N) is 2. The first-order valence-corrected chi connectivity index (χ1v) is 7.87. The van der Waals surface area contributed by atoms with Crippen molar-refractivity contribution in [3.8, 4) is 0 Å². The molecule has 20 heavy (non-hydrogen) atoms. The van der Waals surface area contributed by atoms with Gasteiger partial charge < -0.3 is 10.3 Å². The normalized spacial score (nSPS) is 10.4. The molecule has 0 fully saturated rings. The van der Waals surface area contributed by atoms with Gasteiger partial charge in [0.1, 0.15) is 0 Å². The highest BCUT2D eigenvalue weighted by atomic mass is 35.5. The third kappa shape index (κ3) is 5.31. The summed E-state index contributed by atoms with van der Waals surface area (Å²) in [6, 6.07) is 9.72. The third-order valence-electron chi connectivity index (χ3n) is 2.78. The molecule has 1 heterocycles. The van der Waals surface area contributed by atoms with Crippen molar-refractivity contribution in [1.82, 2.24) is 10.3 Å². The van der Waals surface area contributed by atoms with E-state index in [4.69, 9.17) is 11.6 Å². The van der Waals surface area contributed by atoms with E-state index in [1.807, 2.05) is 42.7 Å². The molecule has 0 saturated heterocycles. The molecule has 0 aliphatic rings. The van der Waals surface area contributed by atoms with E-state index in [2.05, 4.69) is 10.3 Å². The molecule has 106 valence electrons. The van der Waals surface area contributed by atoms with E-state index in [1.165, 1.54) is 4.90 Å². The first-order valence-electron chi connectivity index (χ1n) is 6.51. The van der Waals surface area contributed by atoms with E-state index >= 15 is 0 Å². The second kappa shape index (κ2) is 8.02. The average Bonchev–Trinajstić information content (AvgIpc) is 2.96. The predicted octanol–water partition coefficient (Wildman–Crippen LogP) is 3.86. The van der Waals surface area contributed by atoms with Gasteiger partial charge in [-0.1, -0.05) is 11.6 Å². The largest absolute Gasteiger partial charge is 0.367 e. The quantitative estimate of drug-likeness (QED) is 0.602. The van der Waals surface area contributed by atoms with Gasteiger partial charge in [0.15, 0.2) is 0 Å². The number of carbonyl (C=O) groups is 1. The molecule has 0 saturated carbocycles. The number of hydrogen-bond donors (Lipinski definition) is 2. The van der Waals surface area contributed by atoms with Crippen molar-refractivity contribution < 1.29 is 4.79 Å². The Hall–Kier alpha value is -1.39. The zero-order chi connectivity index (χ0) is 14.2. The summed E-state index contributed by atoms with van der Waals surface area (Å²) in [7, 11) is 0. The van der Waals surface area contributed by atoms with Crippen LogP contribution < -0.4 is 5.32 Å². The maximum absolute atomic E-state index is 11.6. The molecule has 0 atom stereocenters. The van der Waals surface area contributed by atoms with Gasteiger partial charge in [-0.2, -0.15) is 0 Å². The molecule has 0 spiro atoms. The predicted molar refractivity (Wildman–Crippen MR) is 84.0 cm³/mol. The van der Waals surface area contributed by atoms with Crippen LogP contribution in [0.3, 0.4) is 0 Å². The van der Waals surface area contributed by atoms with Crippen molar-refractivity contribution in [3.05, 3.63) is 53.3 Å². The summed E-state index contributed by atoms with van der Waals surface area (Å²) in [4.78, 5) is 15.8. The van der Waals surface area contributed by atoms with Gasteiger partial charge in [-0.15, -0.1) is 11.8 Å². The first kappa shape index (κ1) is 15.0. The highest BCUT2D eigenvalue weighted by molar-refractivity contribution is 7.99. The van der Waals surface area contributed by atoms with Crippen molar-refractivity contribution in [2.45, 2.75) is 24.3 Å². The molecule has 2 aromatic rings. The van der Waals surface area contributed by atoms with Crippen LogP contribution in [-0.4, -0.2) is 16.6 Å². The number of benzene rings is 1. The molecule has 0 unspecified atom stereocenters. The Bertz CT molecular complexity index is 525. The van der Waals surface area contributed by atoms with Crippen LogP contribution >= 0.6 is 23.4 Å². The Kier molecular flexibility index (Phi) is 6.02. The van der Waals surface area contributed by atoms with Gasteiger partial charge in [-0.25, -0.2) is 0 Å². The Morgan fingerprint density at radius 3 is 2.75 bits per heavy atom. The average molecular weight is 309 g/mol. The maximum Gasteiger partial charge on any atom is 0.220 e. The molecule has 3 nitrogen and oxygen atoms in total. The lowest BCUT2D eigenvalue weighted by Gasteiger charge is -2.04. The zero-order valence-corrected chi connectivity index (χ0v) is 12.6. The van der Waals surface area contributed by atoms with E-state index in [9.17, 15) is 4.79 Å². The third-order valence-corrected chi connectivity index (χ3v) is 4.13. The van der Waals surface area contributed by atoms with Crippen LogP contribution in [0, 0.1) is 0 Å². The monoisotopic (exact) mass is 308 g/mol. The second-order valence-electron chi connectivity index (χ2n) is 4.40. The fourth-order valence-corrected chi connectivity index (χ4v) is 2.69. The van der Waals surface area contributed by atoms with Gasteiger partial charge >= 0.3 is 0 Å². The van der Waals surface area contributed by atoms with Crippen molar-refractivity contribution in [3.63, 3.8) is 0 Å². The summed E-state index contributed by atoms with van der Waals surface area (Å²) in [6.45, 7) is 0.590. The van der Waals surface area contributed by atoms with Crippen LogP contribution in [0.15, 0.2) is 47.6 Å². The molecule has 0 radical (unpaired) electrons. The highest BCUT2D eigenvalue weighted by Crippen LogP contribution is 2.21. The van der Waals surface area contributed by atoms with E-state index in [0.29, 0.717) is 13.0 Å². The smallest absolute Gasteiger partial charge is 0.220 e. The summed E-state index contributed by atoms with van der Waals surface area (Å²) in [5.74, 6) is 1.03. The molecule has 1 aromatic heterocycles. The number of hydrogen-bond acceptors (Lipinski definition) is 2. The molecular formula is C15H17ClN2OS. The Balaban J connectivity index is 1.58. The zero-order valence-electron chi connectivity index (χ0n) is 11.1.